The van der Waals surface area contributed by atoms with Gasteiger partial charge >= 0.3 is 0 Å². The molecule has 0 aliphatic rings. The highest BCUT2D eigenvalue weighted by Crippen LogP contribution is 2.21. The number of hydrogen-bond acceptors (Lipinski definition) is 5. The summed E-state index contributed by atoms with van der Waals surface area (Å²) in [6.07, 6.45) is 1.55. The molecule has 0 aliphatic carbocycles. The number of carbonyl (C=O) groups excluding carboxylic acids is 2. The van der Waals surface area contributed by atoms with Crippen molar-refractivity contribution in [2.75, 3.05) is 11.1 Å². The van der Waals surface area contributed by atoms with Crippen molar-refractivity contribution in [2.45, 2.75) is 18.1 Å². The van der Waals surface area contributed by atoms with Crippen LogP contribution in [0.15, 0.2) is 60.0 Å². The van der Waals surface area contributed by atoms with E-state index in [0.29, 0.717) is 20.9 Å². The number of benzene rings is 2. The minimum Gasteiger partial charge on any atom is -0.344 e. The molecule has 0 saturated carbocycles. The highest BCUT2D eigenvalue weighted by molar-refractivity contribution is 7.99. The zero-order valence-electron chi connectivity index (χ0n) is 15.3. The molecule has 1 heterocycles. The third kappa shape index (κ3) is 5.96. The Morgan fingerprint density at radius 2 is 1.90 bits per heavy atom. The first-order chi connectivity index (χ1) is 13.9. The minimum atomic E-state index is -0.704. The molecule has 0 aliphatic heterocycles. The molecule has 150 valence electrons. The maximum absolute atomic E-state index is 12.2. The van der Waals surface area contributed by atoms with Gasteiger partial charge in [-0.1, -0.05) is 41.0 Å². The summed E-state index contributed by atoms with van der Waals surface area (Å²) < 4.78 is 1.74. The average molecular weight is 450 g/mol. The first-order valence-electron chi connectivity index (χ1n) is 8.57. The van der Waals surface area contributed by atoms with Crippen LogP contribution in [-0.4, -0.2) is 38.4 Å². The van der Waals surface area contributed by atoms with Gasteiger partial charge in [-0.25, -0.2) is 0 Å². The van der Waals surface area contributed by atoms with E-state index >= 15 is 0 Å². The third-order valence-electron chi connectivity index (χ3n) is 3.82. The van der Waals surface area contributed by atoms with Gasteiger partial charge in [0.05, 0.1) is 11.4 Å². The van der Waals surface area contributed by atoms with E-state index < -0.39 is 6.04 Å². The smallest absolute Gasteiger partial charge is 0.246 e. The lowest BCUT2D eigenvalue weighted by Crippen LogP contribution is -2.42. The Hall–Kier alpha value is -2.55. The normalized spacial score (nSPS) is 11.7. The fourth-order valence-electron chi connectivity index (χ4n) is 2.39. The van der Waals surface area contributed by atoms with E-state index in [-0.39, 0.29) is 17.6 Å². The van der Waals surface area contributed by atoms with Crippen molar-refractivity contribution < 1.29 is 9.59 Å². The molecule has 2 amide bonds. The van der Waals surface area contributed by atoms with Gasteiger partial charge in [0.1, 0.15) is 12.4 Å². The van der Waals surface area contributed by atoms with E-state index in [9.17, 15) is 9.59 Å². The fraction of sp³-hybridized carbons (Fsp3) is 0.158. The molecule has 0 saturated heterocycles. The first-order valence-corrected chi connectivity index (χ1v) is 10.3. The molecule has 1 atom stereocenters. The van der Waals surface area contributed by atoms with Gasteiger partial charge in [0.2, 0.25) is 11.8 Å². The summed E-state index contributed by atoms with van der Waals surface area (Å²) in [5.41, 5.74) is 1.39. The maximum Gasteiger partial charge on any atom is 0.246 e. The van der Waals surface area contributed by atoms with Crippen molar-refractivity contribution >= 4 is 52.5 Å². The van der Waals surface area contributed by atoms with Gasteiger partial charge in [0.25, 0.3) is 0 Å². The van der Waals surface area contributed by atoms with Crippen molar-refractivity contribution in [1.29, 1.82) is 0 Å². The largest absolute Gasteiger partial charge is 0.344 e. The number of thioether (sulfide) groups is 1. The number of aromatic nitrogens is 3. The van der Waals surface area contributed by atoms with Crippen LogP contribution < -0.4 is 10.6 Å². The summed E-state index contributed by atoms with van der Waals surface area (Å²) in [6.45, 7) is 1.61. The van der Waals surface area contributed by atoms with Crippen molar-refractivity contribution in [3.8, 4) is 5.69 Å². The number of hydrogen-bond donors (Lipinski definition) is 2. The lowest BCUT2D eigenvalue weighted by molar-refractivity contribution is -0.124. The van der Waals surface area contributed by atoms with E-state index in [1.165, 1.54) is 11.8 Å². The van der Waals surface area contributed by atoms with Gasteiger partial charge in [-0.05, 0) is 49.4 Å². The monoisotopic (exact) mass is 449 g/mol. The molecule has 2 aromatic carbocycles. The quantitative estimate of drug-likeness (QED) is 0.535. The molecule has 7 nitrogen and oxygen atoms in total. The zero-order valence-corrected chi connectivity index (χ0v) is 17.6. The van der Waals surface area contributed by atoms with Crippen molar-refractivity contribution in [3.05, 3.63) is 64.9 Å². The number of anilines is 1. The number of amides is 2. The molecular formula is C19H17Cl2N5O2S. The number of halogens is 2. The standard InChI is InChI=1S/C19H17Cl2N5O2S/c1-12(18(28)24-15-7-5-13(20)6-8-15)23-17(27)10-29-19-25-22-11-26(19)16-4-2-3-14(21)9-16/h2-9,11-12H,10H2,1H3,(H,23,27)(H,24,28). The van der Waals surface area contributed by atoms with Crippen molar-refractivity contribution in [2.24, 2.45) is 0 Å². The number of nitrogens with zero attached hydrogens (tertiary/aromatic N) is 3. The van der Waals surface area contributed by atoms with Crippen LogP contribution in [0.2, 0.25) is 10.0 Å². The molecule has 3 rings (SSSR count). The minimum absolute atomic E-state index is 0.0812. The third-order valence-corrected chi connectivity index (χ3v) is 5.25. The van der Waals surface area contributed by atoms with Crippen LogP contribution in [0.3, 0.4) is 0 Å². The predicted molar refractivity (Wildman–Crippen MR) is 115 cm³/mol. The Morgan fingerprint density at radius 3 is 2.62 bits per heavy atom. The van der Waals surface area contributed by atoms with E-state index in [0.717, 1.165) is 5.69 Å². The van der Waals surface area contributed by atoms with Gasteiger partial charge < -0.3 is 10.6 Å². The molecule has 0 fully saturated rings. The summed E-state index contributed by atoms with van der Waals surface area (Å²) >= 11 is 13.1. The van der Waals surface area contributed by atoms with Crippen LogP contribution in [-0.2, 0) is 9.59 Å². The summed E-state index contributed by atoms with van der Waals surface area (Å²) in [7, 11) is 0. The molecular weight excluding hydrogens is 433 g/mol. The van der Waals surface area contributed by atoms with Crippen LogP contribution in [0.1, 0.15) is 6.92 Å². The average Bonchev–Trinajstić information content (AvgIpc) is 3.17. The Bertz CT molecular complexity index is 1010. The molecule has 10 heteroatoms. The maximum atomic E-state index is 12.2. The van der Waals surface area contributed by atoms with E-state index in [1.807, 2.05) is 12.1 Å². The SMILES string of the molecule is CC(NC(=O)CSc1nncn1-c1cccc(Cl)c1)C(=O)Nc1ccc(Cl)cc1. The Labute approximate surface area is 181 Å². The van der Waals surface area contributed by atoms with E-state index in [1.54, 1.807) is 54.2 Å². The Kier molecular flexibility index (Phi) is 7.13. The predicted octanol–water partition coefficient (Wildman–Crippen LogP) is 3.81. The van der Waals surface area contributed by atoms with Crippen LogP contribution in [0.4, 0.5) is 5.69 Å². The number of carbonyl (C=O) groups is 2. The van der Waals surface area contributed by atoms with Gasteiger partial charge in [0, 0.05) is 15.7 Å². The molecule has 2 N–H and O–H groups in total. The van der Waals surface area contributed by atoms with Crippen molar-refractivity contribution in [1.82, 2.24) is 20.1 Å². The summed E-state index contributed by atoms with van der Waals surface area (Å²) in [6, 6.07) is 13.2. The molecule has 0 bridgehead atoms. The highest BCUT2D eigenvalue weighted by atomic mass is 35.5. The highest BCUT2D eigenvalue weighted by Gasteiger charge is 2.17. The second-order valence-electron chi connectivity index (χ2n) is 6.04. The second kappa shape index (κ2) is 9.78. The molecule has 29 heavy (non-hydrogen) atoms. The summed E-state index contributed by atoms with van der Waals surface area (Å²) in [4.78, 5) is 24.5. The Morgan fingerprint density at radius 1 is 1.14 bits per heavy atom. The van der Waals surface area contributed by atoms with Crippen LogP contribution in [0.5, 0.6) is 0 Å². The first kappa shape index (κ1) is 21.2. The zero-order chi connectivity index (χ0) is 20.8. The molecule has 1 aromatic heterocycles. The number of nitrogens with one attached hydrogen (secondary N) is 2. The number of rotatable bonds is 7. The van der Waals surface area contributed by atoms with E-state index in [4.69, 9.17) is 23.2 Å². The summed E-state index contributed by atoms with van der Waals surface area (Å²) in [5.74, 6) is -0.542. The van der Waals surface area contributed by atoms with Crippen LogP contribution in [0.25, 0.3) is 5.69 Å². The van der Waals surface area contributed by atoms with Crippen molar-refractivity contribution in [3.63, 3.8) is 0 Å². The lowest BCUT2D eigenvalue weighted by Gasteiger charge is -2.14. The topological polar surface area (TPSA) is 88.9 Å². The van der Waals surface area contributed by atoms with Crippen LogP contribution >= 0.6 is 35.0 Å². The summed E-state index contributed by atoms with van der Waals surface area (Å²) in [5, 5.41) is 15.0. The van der Waals surface area contributed by atoms with E-state index in [2.05, 4.69) is 20.8 Å². The van der Waals surface area contributed by atoms with Gasteiger partial charge in [-0.2, -0.15) is 0 Å². The Balaban J connectivity index is 1.53. The van der Waals surface area contributed by atoms with Gasteiger partial charge in [-0.3, -0.25) is 14.2 Å². The molecule has 0 spiro atoms. The molecule has 3 aromatic rings. The van der Waals surface area contributed by atoms with Gasteiger partial charge in [-0.15, -0.1) is 10.2 Å². The van der Waals surface area contributed by atoms with Crippen LogP contribution in [0, 0.1) is 0 Å². The molecule has 0 radical (unpaired) electrons. The second-order valence-corrected chi connectivity index (χ2v) is 7.85. The lowest BCUT2D eigenvalue weighted by atomic mass is 10.2. The molecule has 1 unspecified atom stereocenters. The fourth-order valence-corrected chi connectivity index (χ4v) is 3.44. The van der Waals surface area contributed by atoms with Gasteiger partial charge in [0.15, 0.2) is 5.16 Å².